The second kappa shape index (κ2) is 10.6. The summed E-state index contributed by atoms with van der Waals surface area (Å²) in [7, 11) is -4.06. The first kappa shape index (κ1) is 23.8. The largest absolute Gasteiger partial charge is 0.342 e. The summed E-state index contributed by atoms with van der Waals surface area (Å²) in [5.74, 6) is -1.52. The molecule has 0 saturated heterocycles. The number of nitro groups is 1. The molecule has 0 aliphatic heterocycles. The SMILES string of the molecule is CCOP(=O)(OCC)C(C(=O)c1ccccc1)[C@@H](C[N+](=O)[O-])c1cccc2ccccc12. The van der Waals surface area contributed by atoms with Crippen molar-refractivity contribution >= 4 is 24.2 Å². The number of benzene rings is 3. The van der Waals surface area contributed by atoms with Gasteiger partial charge in [0.1, 0.15) is 5.66 Å². The van der Waals surface area contributed by atoms with Gasteiger partial charge in [-0.15, -0.1) is 0 Å². The number of rotatable bonds is 11. The standard InChI is InChI=1S/C24H26NO6P/c1-3-30-32(29,31-4-2)24(23(26)19-12-6-5-7-13-19)22(17-25(27)28)21-16-10-14-18-11-8-9-15-20(18)21/h5-16,22,24H,3-4,17H2,1-2H3/t22-,24?/m0/s1. The average molecular weight is 455 g/mol. The van der Waals surface area contributed by atoms with Crippen LogP contribution in [0.1, 0.15) is 35.7 Å². The number of ketones is 1. The van der Waals surface area contributed by atoms with Crippen molar-refractivity contribution in [3.8, 4) is 0 Å². The van der Waals surface area contributed by atoms with Crippen molar-refractivity contribution in [3.05, 3.63) is 94.0 Å². The van der Waals surface area contributed by atoms with Gasteiger partial charge >= 0.3 is 7.60 Å². The lowest BCUT2D eigenvalue weighted by Gasteiger charge is -2.30. The smallest absolute Gasteiger partial charge is 0.308 e. The Kier molecular flexibility index (Phi) is 7.91. The summed E-state index contributed by atoms with van der Waals surface area (Å²) in [5.41, 5.74) is -0.513. The minimum absolute atomic E-state index is 0.0383. The molecule has 0 fully saturated rings. The Balaban J connectivity index is 2.27. The maximum atomic E-state index is 14.0. The van der Waals surface area contributed by atoms with Crippen LogP contribution in [0, 0.1) is 10.1 Å². The van der Waals surface area contributed by atoms with E-state index in [9.17, 15) is 19.5 Å². The maximum absolute atomic E-state index is 14.0. The van der Waals surface area contributed by atoms with Crippen LogP contribution in [0.25, 0.3) is 10.8 Å². The van der Waals surface area contributed by atoms with Gasteiger partial charge in [0.2, 0.25) is 6.54 Å². The van der Waals surface area contributed by atoms with Crippen molar-refractivity contribution in [1.29, 1.82) is 0 Å². The van der Waals surface area contributed by atoms with Gasteiger partial charge in [-0.1, -0.05) is 72.8 Å². The number of fused-ring (bicyclic) bond motifs is 1. The van der Waals surface area contributed by atoms with Gasteiger partial charge in [-0.25, -0.2) is 0 Å². The molecule has 168 valence electrons. The molecule has 0 heterocycles. The van der Waals surface area contributed by atoms with Crippen molar-refractivity contribution in [2.24, 2.45) is 0 Å². The first-order valence-corrected chi connectivity index (χ1v) is 12.1. The number of hydrogen-bond donors (Lipinski definition) is 0. The van der Waals surface area contributed by atoms with Crippen LogP contribution in [0.4, 0.5) is 0 Å². The Labute approximate surface area is 187 Å². The normalized spacial score (nSPS) is 13.6. The molecule has 0 aromatic heterocycles. The van der Waals surface area contributed by atoms with Crippen LogP contribution >= 0.6 is 7.60 Å². The van der Waals surface area contributed by atoms with Crippen molar-refractivity contribution in [2.45, 2.75) is 25.4 Å². The summed E-state index contributed by atoms with van der Waals surface area (Å²) >= 11 is 0. The van der Waals surface area contributed by atoms with Crippen LogP contribution in [0.15, 0.2) is 72.8 Å². The van der Waals surface area contributed by atoms with E-state index >= 15 is 0 Å². The molecule has 0 amide bonds. The molecule has 8 heteroatoms. The van der Waals surface area contributed by atoms with E-state index < -0.39 is 36.4 Å². The fourth-order valence-corrected chi connectivity index (χ4v) is 6.23. The van der Waals surface area contributed by atoms with E-state index in [0.29, 0.717) is 11.1 Å². The Hall–Kier alpha value is -2.86. The molecule has 0 N–H and O–H groups in total. The highest BCUT2D eigenvalue weighted by Gasteiger charge is 2.49. The molecular weight excluding hydrogens is 429 g/mol. The molecule has 0 aliphatic carbocycles. The van der Waals surface area contributed by atoms with E-state index in [2.05, 4.69) is 0 Å². The van der Waals surface area contributed by atoms with Crippen LogP contribution in [0.5, 0.6) is 0 Å². The van der Waals surface area contributed by atoms with E-state index in [1.807, 2.05) is 30.3 Å². The van der Waals surface area contributed by atoms with Crippen LogP contribution in [0.2, 0.25) is 0 Å². The third-order valence-electron chi connectivity index (χ3n) is 5.24. The molecule has 32 heavy (non-hydrogen) atoms. The summed E-state index contributed by atoms with van der Waals surface area (Å²) in [4.78, 5) is 25.0. The molecule has 0 saturated carbocycles. The predicted octanol–water partition coefficient (Wildman–Crippen LogP) is 5.72. The topological polar surface area (TPSA) is 95.7 Å². The highest BCUT2D eigenvalue weighted by molar-refractivity contribution is 7.56. The van der Waals surface area contributed by atoms with E-state index in [1.54, 1.807) is 56.3 Å². The Morgan fingerprint density at radius 2 is 1.53 bits per heavy atom. The van der Waals surface area contributed by atoms with Crippen molar-refractivity contribution in [1.82, 2.24) is 0 Å². The van der Waals surface area contributed by atoms with Crippen molar-refractivity contribution in [2.75, 3.05) is 19.8 Å². The summed E-state index contributed by atoms with van der Waals surface area (Å²) in [6, 6.07) is 21.2. The molecule has 0 spiro atoms. The monoisotopic (exact) mass is 455 g/mol. The highest BCUT2D eigenvalue weighted by Crippen LogP contribution is 2.58. The lowest BCUT2D eigenvalue weighted by molar-refractivity contribution is -0.483. The zero-order chi connectivity index (χ0) is 23.1. The molecule has 3 rings (SSSR count). The van der Waals surface area contributed by atoms with Crippen molar-refractivity contribution in [3.63, 3.8) is 0 Å². The molecule has 0 bridgehead atoms. The minimum Gasteiger partial charge on any atom is -0.308 e. The lowest BCUT2D eigenvalue weighted by Crippen LogP contribution is -2.34. The Morgan fingerprint density at radius 1 is 0.938 bits per heavy atom. The van der Waals surface area contributed by atoms with Gasteiger partial charge in [-0.2, -0.15) is 0 Å². The van der Waals surface area contributed by atoms with E-state index in [0.717, 1.165) is 10.8 Å². The molecule has 3 aromatic rings. The summed E-state index contributed by atoms with van der Waals surface area (Å²) in [6.45, 7) is 2.78. The number of carbonyl (C=O) groups is 1. The molecule has 3 aromatic carbocycles. The van der Waals surface area contributed by atoms with Gasteiger partial charge in [-0.05, 0) is 30.2 Å². The minimum atomic E-state index is -4.06. The van der Waals surface area contributed by atoms with Crippen LogP contribution in [-0.2, 0) is 13.6 Å². The fourth-order valence-electron chi connectivity index (χ4n) is 3.98. The first-order valence-electron chi connectivity index (χ1n) is 10.5. The number of hydrogen-bond acceptors (Lipinski definition) is 6. The third-order valence-corrected chi connectivity index (χ3v) is 7.75. The maximum Gasteiger partial charge on any atom is 0.342 e. The van der Waals surface area contributed by atoms with Gasteiger partial charge in [-0.3, -0.25) is 19.5 Å². The number of carbonyl (C=O) groups excluding carboxylic acids is 1. The fraction of sp³-hybridized carbons (Fsp3) is 0.292. The number of nitrogens with zero attached hydrogens (tertiary/aromatic N) is 1. The zero-order valence-corrected chi connectivity index (χ0v) is 18.9. The molecular formula is C24H26NO6P. The highest BCUT2D eigenvalue weighted by atomic mass is 31.2. The molecule has 2 atom stereocenters. The summed E-state index contributed by atoms with van der Waals surface area (Å²) in [5, 5.41) is 13.4. The molecule has 1 unspecified atom stereocenters. The number of Topliss-reactive ketones (excluding diaryl/α,β-unsaturated/α-hetero) is 1. The molecule has 0 aliphatic rings. The molecule has 7 nitrogen and oxygen atoms in total. The van der Waals surface area contributed by atoms with Crippen LogP contribution < -0.4 is 0 Å². The third kappa shape index (κ3) is 5.13. The summed E-state index contributed by atoms with van der Waals surface area (Å²) in [6.07, 6.45) is 0. The quantitative estimate of drug-likeness (QED) is 0.159. The zero-order valence-electron chi connectivity index (χ0n) is 18.0. The van der Waals surface area contributed by atoms with Gasteiger partial charge in [0.05, 0.1) is 19.1 Å². The van der Waals surface area contributed by atoms with Gasteiger partial charge in [0.25, 0.3) is 0 Å². The Bertz CT molecular complexity index is 1120. The van der Waals surface area contributed by atoms with Gasteiger partial charge < -0.3 is 9.05 Å². The van der Waals surface area contributed by atoms with Gasteiger partial charge in [0, 0.05) is 10.5 Å². The average Bonchev–Trinajstić information content (AvgIpc) is 2.79. The van der Waals surface area contributed by atoms with Gasteiger partial charge in [0.15, 0.2) is 5.78 Å². The summed E-state index contributed by atoms with van der Waals surface area (Å²) < 4.78 is 25.1. The Morgan fingerprint density at radius 3 is 2.16 bits per heavy atom. The lowest BCUT2D eigenvalue weighted by atomic mass is 9.87. The van der Waals surface area contributed by atoms with E-state index in [1.165, 1.54) is 0 Å². The molecule has 0 radical (unpaired) electrons. The van der Waals surface area contributed by atoms with Crippen molar-refractivity contribution < 1.29 is 23.3 Å². The predicted molar refractivity (Wildman–Crippen MR) is 124 cm³/mol. The second-order valence-electron chi connectivity index (χ2n) is 7.24. The van der Waals surface area contributed by atoms with E-state index in [-0.39, 0.29) is 13.2 Å². The van der Waals surface area contributed by atoms with Crippen LogP contribution in [-0.4, -0.2) is 36.1 Å². The second-order valence-corrected chi connectivity index (χ2v) is 9.39. The first-order chi connectivity index (χ1) is 15.4. The van der Waals surface area contributed by atoms with E-state index in [4.69, 9.17) is 9.05 Å². The van der Waals surface area contributed by atoms with Crippen LogP contribution in [0.3, 0.4) is 0 Å².